The van der Waals surface area contributed by atoms with Crippen LogP contribution in [0.25, 0.3) is 116 Å². The standard InChI is InChI=1S/C54H33N3O/c1-4-14-36(15-5-1)55-47-22-12-10-20-39(47)43-30-44-40-26-24-35(29-49(40)57(51(44)32-50(43)55)38-18-8-3-9-19-38)34-25-27-48-42(28-34)45-31-46-41-21-11-13-23-53(41)58-54(46)33-52(45)56(48)37-16-6-2-7-17-37/h1-33H. The Balaban J connectivity index is 1.08. The highest BCUT2D eigenvalue weighted by molar-refractivity contribution is 6.20. The highest BCUT2D eigenvalue weighted by atomic mass is 16.3. The fourth-order valence-corrected chi connectivity index (χ4v) is 9.64. The Hall–Kier alpha value is -7.82. The second kappa shape index (κ2) is 11.8. The van der Waals surface area contributed by atoms with Crippen molar-refractivity contribution in [1.29, 1.82) is 0 Å². The van der Waals surface area contributed by atoms with E-state index in [1.54, 1.807) is 0 Å². The summed E-state index contributed by atoms with van der Waals surface area (Å²) < 4.78 is 13.6. The zero-order valence-electron chi connectivity index (χ0n) is 31.3. The summed E-state index contributed by atoms with van der Waals surface area (Å²) in [5.74, 6) is 0. The van der Waals surface area contributed by atoms with E-state index in [1.807, 2.05) is 6.07 Å². The van der Waals surface area contributed by atoms with Gasteiger partial charge in [-0.25, -0.2) is 0 Å². The average Bonchev–Trinajstić information content (AvgIpc) is 4.01. The molecule has 270 valence electrons. The molecule has 4 aromatic heterocycles. The molecule has 13 aromatic rings. The van der Waals surface area contributed by atoms with Crippen molar-refractivity contribution in [3.63, 3.8) is 0 Å². The van der Waals surface area contributed by atoms with E-state index in [0.717, 1.165) is 44.5 Å². The van der Waals surface area contributed by atoms with Crippen LogP contribution in [0.1, 0.15) is 0 Å². The Kier molecular flexibility index (Phi) is 6.41. The largest absolute Gasteiger partial charge is 0.456 e. The summed E-state index contributed by atoms with van der Waals surface area (Å²) in [6.07, 6.45) is 0. The molecule has 0 atom stereocenters. The molecule has 0 N–H and O–H groups in total. The van der Waals surface area contributed by atoms with Crippen LogP contribution in [0.3, 0.4) is 0 Å². The Morgan fingerprint density at radius 3 is 1.38 bits per heavy atom. The van der Waals surface area contributed by atoms with Crippen LogP contribution in [0.15, 0.2) is 205 Å². The van der Waals surface area contributed by atoms with Gasteiger partial charge in [-0.1, -0.05) is 109 Å². The number of rotatable bonds is 4. The fourth-order valence-electron chi connectivity index (χ4n) is 9.64. The molecular formula is C54H33N3O. The van der Waals surface area contributed by atoms with Crippen LogP contribution in [0, 0.1) is 0 Å². The lowest BCUT2D eigenvalue weighted by Gasteiger charge is -2.11. The lowest BCUT2D eigenvalue weighted by Crippen LogP contribution is -1.95. The van der Waals surface area contributed by atoms with Crippen molar-refractivity contribution in [2.24, 2.45) is 0 Å². The SMILES string of the molecule is c1ccc(-n2c3ccc(-c4ccc5c6cc7c8ccccc8n(-c8ccccc8)c7cc6n(-c6ccccc6)c5c4)cc3c3cc4c(cc32)oc2ccccc24)cc1. The second-order valence-corrected chi connectivity index (χ2v) is 15.3. The number of hydrogen-bond donors (Lipinski definition) is 0. The lowest BCUT2D eigenvalue weighted by molar-refractivity contribution is 0.669. The fraction of sp³-hybridized carbons (Fsp3) is 0. The molecule has 0 saturated heterocycles. The first-order valence-electron chi connectivity index (χ1n) is 19.8. The molecular weight excluding hydrogens is 707 g/mol. The number of para-hydroxylation sites is 5. The van der Waals surface area contributed by atoms with E-state index >= 15 is 0 Å². The predicted molar refractivity (Wildman–Crippen MR) is 242 cm³/mol. The summed E-state index contributed by atoms with van der Waals surface area (Å²) in [6, 6.07) is 72.6. The van der Waals surface area contributed by atoms with Crippen LogP contribution in [-0.2, 0) is 0 Å². The van der Waals surface area contributed by atoms with Gasteiger partial charge in [-0.15, -0.1) is 0 Å². The predicted octanol–water partition coefficient (Wildman–Crippen LogP) is 14.5. The number of aromatic nitrogens is 3. The molecule has 0 saturated carbocycles. The first kappa shape index (κ1) is 31.4. The zero-order chi connectivity index (χ0) is 37.9. The summed E-state index contributed by atoms with van der Waals surface area (Å²) in [4.78, 5) is 0. The molecule has 0 aliphatic rings. The summed E-state index contributed by atoms with van der Waals surface area (Å²) in [5.41, 5.74) is 14.6. The third-order valence-corrected chi connectivity index (χ3v) is 12.2. The zero-order valence-corrected chi connectivity index (χ0v) is 31.3. The van der Waals surface area contributed by atoms with Crippen LogP contribution < -0.4 is 0 Å². The quantitative estimate of drug-likeness (QED) is 0.177. The molecule has 4 nitrogen and oxygen atoms in total. The molecule has 0 amide bonds. The Morgan fingerprint density at radius 1 is 0.241 bits per heavy atom. The molecule has 4 heteroatoms. The van der Waals surface area contributed by atoms with E-state index in [0.29, 0.717) is 0 Å². The lowest BCUT2D eigenvalue weighted by atomic mass is 10.0. The van der Waals surface area contributed by atoms with Crippen molar-refractivity contribution in [3.05, 3.63) is 200 Å². The van der Waals surface area contributed by atoms with Crippen molar-refractivity contribution in [2.45, 2.75) is 0 Å². The van der Waals surface area contributed by atoms with E-state index in [-0.39, 0.29) is 0 Å². The molecule has 0 spiro atoms. The minimum atomic E-state index is 0.898. The van der Waals surface area contributed by atoms with Crippen LogP contribution in [0.4, 0.5) is 0 Å². The maximum absolute atomic E-state index is 6.41. The van der Waals surface area contributed by atoms with Crippen molar-refractivity contribution >= 4 is 87.4 Å². The highest BCUT2D eigenvalue weighted by Gasteiger charge is 2.21. The first-order valence-corrected chi connectivity index (χ1v) is 19.8. The molecule has 0 radical (unpaired) electrons. The average molecular weight is 740 g/mol. The Morgan fingerprint density at radius 2 is 0.690 bits per heavy atom. The minimum Gasteiger partial charge on any atom is -0.456 e. The summed E-state index contributed by atoms with van der Waals surface area (Å²) in [6.45, 7) is 0. The first-order chi connectivity index (χ1) is 28.8. The van der Waals surface area contributed by atoms with Crippen molar-refractivity contribution < 1.29 is 4.42 Å². The molecule has 4 heterocycles. The van der Waals surface area contributed by atoms with E-state index in [9.17, 15) is 0 Å². The van der Waals surface area contributed by atoms with Gasteiger partial charge in [-0.3, -0.25) is 0 Å². The number of benzene rings is 9. The minimum absolute atomic E-state index is 0.898. The smallest absolute Gasteiger partial charge is 0.137 e. The normalized spacial score (nSPS) is 12.1. The van der Waals surface area contributed by atoms with Gasteiger partial charge in [0.2, 0.25) is 0 Å². The van der Waals surface area contributed by atoms with Crippen LogP contribution >= 0.6 is 0 Å². The Bertz CT molecular complexity index is 3770. The van der Waals surface area contributed by atoms with Gasteiger partial charge in [-0.05, 0) is 96.1 Å². The molecule has 0 aliphatic carbocycles. The van der Waals surface area contributed by atoms with Gasteiger partial charge < -0.3 is 18.1 Å². The molecule has 0 bridgehead atoms. The maximum atomic E-state index is 6.41. The molecule has 9 aromatic carbocycles. The van der Waals surface area contributed by atoms with Gasteiger partial charge in [-0.2, -0.15) is 0 Å². The van der Waals surface area contributed by atoms with Gasteiger partial charge in [0, 0.05) is 66.2 Å². The number of fused-ring (bicyclic) bond motifs is 12. The van der Waals surface area contributed by atoms with Gasteiger partial charge >= 0.3 is 0 Å². The molecule has 0 unspecified atom stereocenters. The highest BCUT2D eigenvalue weighted by Crippen LogP contribution is 2.43. The second-order valence-electron chi connectivity index (χ2n) is 15.3. The van der Waals surface area contributed by atoms with Crippen LogP contribution in [-0.4, -0.2) is 13.7 Å². The van der Waals surface area contributed by atoms with E-state index < -0.39 is 0 Å². The Labute approximate surface area is 332 Å². The topological polar surface area (TPSA) is 27.9 Å². The van der Waals surface area contributed by atoms with Gasteiger partial charge in [0.1, 0.15) is 11.2 Å². The van der Waals surface area contributed by atoms with Gasteiger partial charge in [0.15, 0.2) is 0 Å². The molecule has 0 aliphatic heterocycles. The number of nitrogens with zero attached hydrogens (tertiary/aromatic N) is 3. The summed E-state index contributed by atoms with van der Waals surface area (Å²) in [7, 11) is 0. The summed E-state index contributed by atoms with van der Waals surface area (Å²) >= 11 is 0. The van der Waals surface area contributed by atoms with Crippen molar-refractivity contribution in [1.82, 2.24) is 13.7 Å². The third-order valence-electron chi connectivity index (χ3n) is 12.2. The molecule has 58 heavy (non-hydrogen) atoms. The number of furan rings is 1. The summed E-state index contributed by atoms with van der Waals surface area (Å²) in [5, 5.41) is 9.67. The van der Waals surface area contributed by atoms with Crippen molar-refractivity contribution in [2.75, 3.05) is 0 Å². The van der Waals surface area contributed by atoms with Crippen LogP contribution in [0.5, 0.6) is 0 Å². The van der Waals surface area contributed by atoms with Gasteiger partial charge in [0.25, 0.3) is 0 Å². The van der Waals surface area contributed by atoms with Crippen LogP contribution in [0.2, 0.25) is 0 Å². The van der Waals surface area contributed by atoms with E-state index in [4.69, 9.17) is 4.42 Å². The molecule has 13 rings (SSSR count). The van der Waals surface area contributed by atoms with Crippen molar-refractivity contribution in [3.8, 4) is 28.2 Å². The number of hydrogen-bond acceptors (Lipinski definition) is 1. The molecule has 0 fully saturated rings. The monoisotopic (exact) mass is 739 g/mol. The van der Waals surface area contributed by atoms with Gasteiger partial charge in [0.05, 0.1) is 33.1 Å². The van der Waals surface area contributed by atoms with E-state index in [1.165, 1.54) is 71.0 Å². The third kappa shape index (κ3) is 4.40. The van der Waals surface area contributed by atoms with E-state index in [2.05, 4.69) is 208 Å². The maximum Gasteiger partial charge on any atom is 0.137 e.